The Kier molecular flexibility index (Phi) is 6.25. The van der Waals surface area contributed by atoms with E-state index in [4.69, 9.17) is 4.74 Å². The summed E-state index contributed by atoms with van der Waals surface area (Å²) in [7, 11) is 1.72. The average Bonchev–Trinajstić information content (AvgIpc) is 3.30. The van der Waals surface area contributed by atoms with Crippen LogP contribution in [0.15, 0.2) is 30.3 Å². The van der Waals surface area contributed by atoms with E-state index in [1.165, 1.54) is 0 Å². The summed E-state index contributed by atoms with van der Waals surface area (Å²) in [6.07, 6.45) is 2.14. The second kappa shape index (κ2) is 8.82. The largest absolute Gasteiger partial charge is 0.507 e. The molecular formula is C19H26N4O3. The second-order valence-electron chi connectivity index (χ2n) is 6.70. The molecule has 1 atom stereocenters. The summed E-state index contributed by atoms with van der Waals surface area (Å²) in [4.78, 5) is 14.8. The van der Waals surface area contributed by atoms with Crippen molar-refractivity contribution in [1.82, 2.24) is 20.4 Å². The minimum absolute atomic E-state index is 0.144. The molecule has 2 heterocycles. The second-order valence-corrected chi connectivity index (χ2v) is 6.70. The molecule has 1 aliphatic rings. The van der Waals surface area contributed by atoms with E-state index in [0.717, 1.165) is 39.1 Å². The molecule has 0 aliphatic carbocycles. The Balaban J connectivity index is 1.48. The Hall–Kier alpha value is -2.38. The number of aromatic nitrogens is 2. The van der Waals surface area contributed by atoms with Crippen LogP contribution in [0.1, 0.15) is 23.3 Å². The minimum Gasteiger partial charge on any atom is -0.507 e. The van der Waals surface area contributed by atoms with Gasteiger partial charge in [-0.15, -0.1) is 0 Å². The number of likely N-dealkylation sites (tertiary alicyclic amines) is 1. The number of amides is 1. The summed E-state index contributed by atoms with van der Waals surface area (Å²) in [5.41, 5.74) is 1.56. The number of hydrogen-bond acceptors (Lipinski definition) is 5. The predicted molar refractivity (Wildman–Crippen MR) is 99.1 cm³/mol. The molecule has 1 aromatic carbocycles. The number of para-hydroxylation sites is 1. The van der Waals surface area contributed by atoms with E-state index in [9.17, 15) is 9.90 Å². The fourth-order valence-corrected chi connectivity index (χ4v) is 3.31. The quantitative estimate of drug-likeness (QED) is 0.627. The fourth-order valence-electron chi connectivity index (χ4n) is 3.31. The van der Waals surface area contributed by atoms with Crippen LogP contribution in [0.2, 0.25) is 0 Å². The van der Waals surface area contributed by atoms with E-state index in [0.29, 0.717) is 29.4 Å². The van der Waals surface area contributed by atoms with Crippen molar-refractivity contribution in [2.75, 3.05) is 39.9 Å². The van der Waals surface area contributed by atoms with Crippen LogP contribution in [0.3, 0.4) is 0 Å². The maximum atomic E-state index is 12.3. The third kappa shape index (κ3) is 4.62. The van der Waals surface area contributed by atoms with Crippen LogP contribution < -0.4 is 5.32 Å². The van der Waals surface area contributed by atoms with Crippen LogP contribution in [0.5, 0.6) is 5.75 Å². The zero-order valence-corrected chi connectivity index (χ0v) is 15.1. The number of ether oxygens (including phenoxy) is 1. The lowest BCUT2D eigenvalue weighted by molar-refractivity contribution is 0.0942. The third-order valence-electron chi connectivity index (χ3n) is 4.75. The van der Waals surface area contributed by atoms with Crippen LogP contribution in [-0.2, 0) is 4.74 Å². The number of benzene rings is 1. The molecule has 1 fully saturated rings. The molecule has 0 unspecified atom stereocenters. The Labute approximate surface area is 153 Å². The molecule has 0 spiro atoms. The summed E-state index contributed by atoms with van der Waals surface area (Å²) < 4.78 is 5.09. The first-order valence-corrected chi connectivity index (χ1v) is 9.00. The van der Waals surface area contributed by atoms with E-state index >= 15 is 0 Å². The topological polar surface area (TPSA) is 90.5 Å². The van der Waals surface area contributed by atoms with Crippen molar-refractivity contribution in [2.45, 2.75) is 12.8 Å². The SMILES string of the molecule is COCCCN1CC[C@H](CNC(=O)c2cc(-c3ccccc3O)n[nH]2)C1. The number of aromatic amines is 1. The van der Waals surface area contributed by atoms with Gasteiger partial charge in [-0.3, -0.25) is 9.89 Å². The number of hydrogen-bond donors (Lipinski definition) is 3. The van der Waals surface area contributed by atoms with Gasteiger partial charge in [0.25, 0.3) is 5.91 Å². The molecule has 0 radical (unpaired) electrons. The van der Waals surface area contributed by atoms with Gasteiger partial charge in [-0.25, -0.2) is 0 Å². The van der Waals surface area contributed by atoms with Crippen molar-refractivity contribution in [3.05, 3.63) is 36.0 Å². The molecule has 1 saturated heterocycles. The summed E-state index contributed by atoms with van der Waals surface area (Å²) in [5.74, 6) is 0.449. The van der Waals surface area contributed by atoms with E-state index in [1.807, 2.05) is 6.07 Å². The molecule has 26 heavy (non-hydrogen) atoms. The van der Waals surface area contributed by atoms with Crippen LogP contribution >= 0.6 is 0 Å². The molecule has 0 saturated carbocycles. The molecule has 1 aliphatic heterocycles. The van der Waals surface area contributed by atoms with Crippen LogP contribution in [0, 0.1) is 5.92 Å². The van der Waals surface area contributed by atoms with Crippen LogP contribution in [0.4, 0.5) is 0 Å². The monoisotopic (exact) mass is 358 g/mol. The molecule has 140 valence electrons. The maximum absolute atomic E-state index is 12.3. The number of carbonyl (C=O) groups is 1. The zero-order chi connectivity index (χ0) is 18.4. The van der Waals surface area contributed by atoms with Crippen molar-refractivity contribution in [2.24, 2.45) is 5.92 Å². The highest BCUT2D eigenvalue weighted by molar-refractivity contribution is 5.93. The number of nitrogens with zero attached hydrogens (tertiary/aromatic N) is 2. The lowest BCUT2D eigenvalue weighted by atomic mass is 10.1. The summed E-state index contributed by atoms with van der Waals surface area (Å²) in [5, 5.41) is 19.8. The van der Waals surface area contributed by atoms with E-state index in [2.05, 4.69) is 20.4 Å². The summed E-state index contributed by atoms with van der Waals surface area (Å²) in [6.45, 7) is 4.58. The predicted octanol–water partition coefficient (Wildman–Crippen LogP) is 1.87. The number of H-pyrrole nitrogens is 1. The first-order valence-electron chi connectivity index (χ1n) is 9.00. The van der Waals surface area contributed by atoms with E-state index in [-0.39, 0.29) is 11.7 Å². The first-order chi connectivity index (χ1) is 12.7. The molecular weight excluding hydrogens is 332 g/mol. The molecule has 1 aromatic heterocycles. The highest BCUT2D eigenvalue weighted by atomic mass is 16.5. The molecule has 3 rings (SSSR count). The Morgan fingerprint density at radius 3 is 3.12 bits per heavy atom. The Morgan fingerprint density at radius 1 is 1.46 bits per heavy atom. The van der Waals surface area contributed by atoms with Crippen LogP contribution in [0.25, 0.3) is 11.3 Å². The fraction of sp³-hybridized carbons (Fsp3) is 0.474. The number of phenols is 1. The van der Waals surface area contributed by atoms with Gasteiger partial charge in [0, 0.05) is 38.9 Å². The molecule has 3 N–H and O–H groups in total. The number of methoxy groups -OCH3 is 1. The highest BCUT2D eigenvalue weighted by Crippen LogP contribution is 2.27. The number of nitrogens with one attached hydrogen (secondary N) is 2. The summed E-state index contributed by atoms with van der Waals surface area (Å²) in [6, 6.07) is 8.60. The van der Waals surface area contributed by atoms with Gasteiger partial charge in [0.1, 0.15) is 11.4 Å². The molecule has 7 nitrogen and oxygen atoms in total. The van der Waals surface area contributed by atoms with Crippen molar-refractivity contribution in [1.29, 1.82) is 0 Å². The number of rotatable bonds is 8. The molecule has 2 aromatic rings. The Morgan fingerprint density at radius 2 is 2.31 bits per heavy atom. The van der Waals surface area contributed by atoms with Gasteiger partial charge >= 0.3 is 0 Å². The van der Waals surface area contributed by atoms with Gasteiger partial charge < -0.3 is 20.1 Å². The number of phenolic OH excluding ortho intramolecular Hbond substituents is 1. The van der Waals surface area contributed by atoms with Crippen molar-refractivity contribution in [3.63, 3.8) is 0 Å². The van der Waals surface area contributed by atoms with Crippen molar-refractivity contribution >= 4 is 5.91 Å². The molecule has 1 amide bonds. The lowest BCUT2D eigenvalue weighted by Gasteiger charge is -2.15. The molecule has 0 bridgehead atoms. The summed E-state index contributed by atoms with van der Waals surface area (Å²) >= 11 is 0. The van der Waals surface area contributed by atoms with Gasteiger partial charge in [0.05, 0.1) is 5.69 Å². The van der Waals surface area contributed by atoms with Gasteiger partial charge in [-0.2, -0.15) is 5.10 Å². The van der Waals surface area contributed by atoms with Gasteiger partial charge in [0.2, 0.25) is 0 Å². The standard InChI is InChI=1S/C19H26N4O3/c1-26-10-4-8-23-9-7-14(13-23)12-20-19(25)17-11-16(21-22-17)15-5-2-3-6-18(15)24/h2-3,5-6,11,14,24H,4,7-10,12-13H2,1H3,(H,20,25)(H,21,22)/t14-/m1/s1. The van der Waals surface area contributed by atoms with Gasteiger partial charge in [-0.1, -0.05) is 12.1 Å². The van der Waals surface area contributed by atoms with Crippen LogP contribution in [-0.4, -0.2) is 66.0 Å². The molecule has 7 heteroatoms. The maximum Gasteiger partial charge on any atom is 0.269 e. The van der Waals surface area contributed by atoms with Gasteiger partial charge in [-0.05, 0) is 43.5 Å². The number of carbonyl (C=O) groups excluding carboxylic acids is 1. The normalized spacial score (nSPS) is 17.5. The zero-order valence-electron chi connectivity index (χ0n) is 15.1. The van der Waals surface area contributed by atoms with Gasteiger partial charge in [0.15, 0.2) is 0 Å². The smallest absolute Gasteiger partial charge is 0.269 e. The van der Waals surface area contributed by atoms with Crippen molar-refractivity contribution < 1.29 is 14.6 Å². The Bertz CT molecular complexity index is 731. The first kappa shape index (κ1) is 18.4. The van der Waals surface area contributed by atoms with Crippen molar-refractivity contribution in [3.8, 4) is 17.0 Å². The third-order valence-corrected chi connectivity index (χ3v) is 4.75. The minimum atomic E-state index is -0.169. The highest BCUT2D eigenvalue weighted by Gasteiger charge is 2.23. The lowest BCUT2D eigenvalue weighted by Crippen LogP contribution is -2.31. The average molecular weight is 358 g/mol. The van der Waals surface area contributed by atoms with E-state index in [1.54, 1.807) is 31.4 Å². The number of aromatic hydroxyl groups is 1. The van der Waals surface area contributed by atoms with E-state index < -0.39 is 0 Å².